The van der Waals surface area contributed by atoms with Gasteiger partial charge in [0.25, 0.3) is 0 Å². The Morgan fingerprint density at radius 3 is 2.36 bits per heavy atom. The van der Waals surface area contributed by atoms with Gasteiger partial charge in [0.2, 0.25) is 0 Å². The van der Waals surface area contributed by atoms with Gasteiger partial charge in [-0.25, -0.2) is 8.78 Å². The molecule has 0 fully saturated rings. The Labute approximate surface area is 79.9 Å². The Balaban J connectivity index is 2.99. The molecule has 4 N–H and O–H groups in total. The van der Waals surface area contributed by atoms with Gasteiger partial charge in [0.15, 0.2) is 6.23 Å². The molecular formula is C9H10F2N2O. The molecule has 0 bridgehead atoms. The van der Waals surface area contributed by atoms with E-state index < -0.39 is 23.4 Å². The lowest BCUT2D eigenvalue weighted by Crippen LogP contribution is -2.25. The number of nitrogens with two attached hydrogens (primary N) is 1. The standard InChI is InChI=1S/C9H10F2N2O/c1-5(12)13-9(14)8-6(10)3-2-4-7(8)11/h2-4,9,13-14H,1,12H2. The number of benzene rings is 1. The van der Waals surface area contributed by atoms with Gasteiger partial charge in [-0.3, -0.25) is 0 Å². The lowest BCUT2D eigenvalue weighted by atomic mass is 10.1. The first-order valence-electron chi connectivity index (χ1n) is 3.85. The fourth-order valence-electron chi connectivity index (χ4n) is 1.02. The number of aliphatic hydroxyl groups is 1. The molecule has 0 spiro atoms. The van der Waals surface area contributed by atoms with Crippen LogP contribution in [0.3, 0.4) is 0 Å². The van der Waals surface area contributed by atoms with Crippen LogP contribution >= 0.6 is 0 Å². The fourth-order valence-corrected chi connectivity index (χ4v) is 1.02. The molecule has 3 nitrogen and oxygen atoms in total. The summed E-state index contributed by atoms with van der Waals surface area (Å²) in [5.41, 5.74) is 4.65. The highest BCUT2D eigenvalue weighted by Crippen LogP contribution is 2.18. The first kappa shape index (κ1) is 10.5. The lowest BCUT2D eigenvalue weighted by molar-refractivity contribution is 0.142. The predicted molar refractivity (Wildman–Crippen MR) is 47.8 cm³/mol. The summed E-state index contributed by atoms with van der Waals surface area (Å²) in [6, 6.07) is 3.29. The highest BCUT2D eigenvalue weighted by molar-refractivity contribution is 5.22. The fraction of sp³-hybridized carbons (Fsp3) is 0.111. The van der Waals surface area contributed by atoms with Gasteiger partial charge in [0.1, 0.15) is 11.6 Å². The van der Waals surface area contributed by atoms with E-state index in [2.05, 4.69) is 11.9 Å². The van der Waals surface area contributed by atoms with Crippen LogP contribution in [0.5, 0.6) is 0 Å². The molecule has 1 atom stereocenters. The van der Waals surface area contributed by atoms with Crippen LogP contribution in [-0.2, 0) is 0 Å². The topological polar surface area (TPSA) is 58.3 Å². The van der Waals surface area contributed by atoms with Crippen molar-refractivity contribution in [2.45, 2.75) is 6.23 Å². The van der Waals surface area contributed by atoms with E-state index in [-0.39, 0.29) is 5.82 Å². The zero-order valence-electron chi connectivity index (χ0n) is 7.30. The Bertz CT molecular complexity index is 334. The number of halogens is 2. The number of rotatable bonds is 3. The Morgan fingerprint density at radius 2 is 1.93 bits per heavy atom. The Morgan fingerprint density at radius 1 is 1.43 bits per heavy atom. The van der Waals surface area contributed by atoms with Crippen molar-refractivity contribution in [3.63, 3.8) is 0 Å². The molecule has 0 aliphatic carbocycles. The highest BCUT2D eigenvalue weighted by atomic mass is 19.1. The van der Waals surface area contributed by atoms with Crippen LogP contribution in [0.15, 0.2) is 30.6 Å². The smallest absolute Gasteiger partial charge is 0.157 e. The number of nitrogens with one attached hydrogen (secondary N) is 1. The van der Waals surface area contributed by atoms with Crippen molar-refractivity contribution < 1.29 is 13.9 Å². The summed E-state index contributed by atoms with van der Waals surface area (Å²) in [5.74, 6) is -1.75. The lowest BCUT2D eigenvalue weighted by Gasteiger charge is -2.14. The molecule has 0 aliphatic heterocycles. The molecule has 1 rings (SSSR count). The van der Waals surface area contributed by atoms with Gasteiger partial charge in [-0.1, -0.05) is 12.6 Å². The first-order valence-corrected chi connectivity index (χ1v) is 3.85. The summed E-state index contributed by atoms with van der Waals surface area (Å²) < 4.78 is 26.1. The van der Waals surface area contributed by atoms with Crippen molar-refractivity contribution >= 4 is 0 Å². The summed E-state index contributed by atoms with van der Waals surface area (Å²) >= 11 is 0. The Hall–Kier alpha value is -1.62. The van der Waals surface area contributed by atoms with Gasteiger partial charge in [0, 0.05) is 0 Å². The quantitative estimate of drug-likeness (QED) is 0.637. The third-order valence-electron chi connectivity index (χ3n) is 1.60. The zero-order valence-corrected chi connectivity index (χ0v) is 7.30. The van der Waals surface area contributed by atoms with E-state index in [1.807, 2.05) is 0 Å². The van der Waals surface area contributed by atoms with E-state index in [1.165, 1.54) is 6.07 Å². The molecule has 0 aromatic heterocycles. The van der Waals surface area contributed by atoms with Gasteiger partial charge >= 0.3 is 0 Å². The highest BCUT2D eigenvalue weighted by Gasteiger charge is 2.16. The van der Waals surface area contributed by atoms with E-state index >= 15 is 0 Å². The van der Waals surface area contributed by atoms with Crippen molar-refractivity contribution in [3.8, 4) is 0 Å². The normalized spacial score (nSPS) is 12.2. The third kappa shape index (κ3) is 2.20. The second kappa shape index (κ2) is 4.06. The molecule has 76 valence electrons. The molecule has 1 aromatic carbocycles. The number of hydrogen-bond acceptors (Lipinski definition) is 3. The molecule has 0 radical (unpaired) electrons. The van der Waals surface area contributed by atoms with E-state index in [0.717, 1.165) is 12.1 Å². The van der Waals surface area contributed by atoms with Crippen LogP contribution in [0.4, 0.5) is 8.78 Å². The summed E-state index contributed by atoms with van der Waals surface area (Å²) in [6.07, 6.45) is -1.53. The Kier molecular flexibility index (Phi) is 3.03. The average molecular weight is 200 g/mol. The van der Waals surface area contributed by atoms with Gasteiger partial charge in [0.05, 0.1) is 11.4 Å². The molecule has 0 aliphatic rings. The maximum absolute atomic E-state index is 13.0. The van der Waals surface area contributed by atoms with Crippen molar-refractivity contribution in [1.29, 1.82) is 0 Å². The molecule has 1 unspecified atom stereocenters. The van der Waals surface area contributed by atoms with Crippen LogP contribution in [0.25, 0.3) is 0 Å². The molecule has 0 saturated carbocycles. The monoisotopic (exact) mass is 200 g/mol. The molecule has 0 amide bonds. The second-order valence-electron chi connectivity index (χ2n) is 2.71. The van der Waals surface area contributed by atoms with Gasteiger partial charge in [-0.05, 0) is 12.1 Å². The minimum absolute atomic E-state index is 0.0693. The van der Waals surface area contributed by atoms with Crippen molar-refractivity contribution in [3.05, 3.63) is 47.8 Å². The van der Waals surface area contributed by atoms with Crippen molar-refractivity contribution in [2.24, 2.45) is 5.73 Å². The zero-order chi connectivity index (χ0) is 10.7. The molecule has 0 saturated heterocycles. The van der Waals surface area contributed by atoms with E-state index in [4.69, 9.17) is 5.73 Å². The predicted octanol–water partition coefficient (Wildman–Crippen LogP) is 0.975. The van der Waals surface area contributed by atoms with Crippen molar-refractivity contribution in [2.75, 3.05) is 0 Å². The first-order chi connectivity index (χ1) is 6.52. The van der Waals surface area contributed by atoms with Crippen LogP contribution in [0, 0.1) is 11.6 Å². The third-order valence-corrected chi connectivity index (χ3v) is 1.60. The molecule has 14 heavy (non-hydrogen) atoms. The van der Waals surface area contributed by atoms with Crippen LogP contribution < -0.4 is 11.1 Å². The summed E-state index contributed by atoms with van der Waals surface area (Å²) in [7, 11) is 0. The summed E-state index contributed by atoms with van der Waals surface area (Å²) in [4.78, 5) is 0. The number of aliphatic hydroxyl groups excluding tert-OH is 1. The van der Waals surface area contributed by atoms with Crippen LogP contribution in [0.2, 0.25) is 0 Å². The molecule has 5 heteroatoms. The summed E-state index contributed by atoms with van der Waals surface area (Å²) in [6.45, 7) is 3.24. The van der Waals surface area contributed by atoms with Gasteiger partial charge in [-0.2, -0.15) is 0 Å². The minimum atomic E-state index is -1.53. The second-order valence-corrected chi connectivity index (χ2v) is 2.71. The molecular weight excluding hydrogens is 190 g/mol. The maximum atomic E-state index is 13.0. The van der Waals surface area contributed by atoms with E-state index in [1.54, 1.807) is 0 Å². The SMILES string of the molecule is C=C(N)NC(O)c1c(F)cccc1F. The van der Waals surface area contributed by atoms with E-state index in [0.29, 0.717) is 0 Å². The molecule has 0 heterocycles. The summed E-state index contributed by atoms with van der Waals surface area (Å²) in [5, 5.41) is 11.5. The van der Waals surface area contributed by atoms with E-state index in [9.17, 15) is 13.9 Å². The average Bonchev–Trinajstić information content (AvgIpc) is 2.01. The minimum Gasteiger partial charge on any atom is -0.386 e. The van der Waals surface area contributed by atoms with Crippen LogP contribution in [0.1, 0.15) is 11.8 Å². The number of hydrogen-bond donors (Lipinski definition) is 3. The maximum Gasteiger partial charge on any atom is 0.157 e. The van der Waals surface area contributed by atoms with Gasteiger partial charge in [-0.15, -0.1) is 0 Å². The molecule has 1 aromatic rings. The largest absolute Gasteiger partial charge is 0.386 e. The van der Waals surface area contributed by atoms with Crippen LogP contribution in [-0.4, -0.2) is 5.11 Å². The van der Waals surface area contributed by atoms with Gasteiger partial charge < -0.3 is 16.2 Å². The van der Waals surface area contributed by atoms with Crippen molar-refractivity contribution in [1.82, 2.24) is 5.32 Å².